The molecule has 3 atom stereocenters. The summed E-state index contributed by atoms with van der Waals surface area (Å²) >= 11 is 0. The molecule has 0 amide bonds. The van der Waals surface area contributed by atoms with Crippen molar-refractivity contribution in [3.63, 3.8) is 0 Å². The summed E-state index contributed by atoms with van der Waals surface area (Å²) in [5, 5.41) is 10.4. The van der Waals surface area contributed by atoms with E-state index in [1.165, 1.54) is 0 Å². The molecule has 36 heavy (non-hydrogen) atoms. The molecule has 0 fully saturated rings. The van der Waals surface area contributed by atoms with Crippen molar-refractivity contribution in [2.24, 2.45) is 23.2 Å². The zero-order chi connectivity index (χ0) is 27.4. The molecule has 0 saturated carbocycles. The van der Waals surface area contributed by atoms with Gasteiger partial charge in [-0.25, -0.2) is 0 Å². The lowest BCUT2D eigenvalue weighted by molar-refractivity contribution is -0.170. The summed E-state index contributed by atoms with van der Waals surface area (Å²) < 4.78 is 16.9. The van der Waals surface area contributed by atoms with E-state index in [4.69, 9.17) is 14.2 Å². The van der Waals surface area contributed by atoms with Crippen LogP contribution >= 0.6 is 0 Å². The van der Waals surface area contributed by atoms with Gasteiger partial charge < -0.3 is 19.3 Å². The Morgan fingerprint density at radius 1 is 0.583 bits per heavy atom. The molecule has 3 unspecified atom stereocenters. The smallest absolute Gasteiger partial charge is 0.308 e. The normalized spacial score (nSPS) is 15.4. The first-order valence-electron chi connectivity index (χ1n) is 14.4. The first-order valence-corrected chi connectivity index (χ1v) is 14.4. The second-order valence-corrected chi connectivity index (χ2v) is 10.2. The van der Waals surface area contributed by atoms with E-state index in [0.29, 0.717) is 19.3 Å². The number of rotatable bonds is 22. The van der Waals surface area contributed by atoms with Crippen molar-refractivity contribution < 1.29 is 33.7 Å². The van der Waals surface area contributed by atoms with Crippen molar-refractivity contribution in [2.75, 3.05) is 26.4 Å². The second kappa shape index (κ2) is 20.4. The van der Waals surface area contributed by atoms with Crippen molar-refractivity contribution >= 4 is 17.9 Å². The Kier molecular flexibility index (Phi) is 19.5. The molecule has 7 nitrogen and oxygen atoms in total. The van der Waals surface area contributed by atoms with Gasteiger partial charge in [0.25, 0.3) is 0 Å². The second-order valence-electron chi connectivity index (χ2n) is 10.2. The number of aliphatic hydroxyl groups is 1. The third-order valence-corrected chi connectivity index (χ3v) is 7.09. The first kappa shape index (κ1) is 34.4. The van der Waals surface area contributed by atoms with Crippen molar-refractivity contribution in [1.29, 1.82) is 0 Å². The summed E-state index contributed by atoms with van der Waals surface area (Å²) in [6.07, 6.45) is 9.99. The fourth-order valence-corrected chi connectivity index (χ4v) is 4.11. The van der Waals surface area contributed by atoms with E-state index in [-0.39, 0.29) is 55.5 Å². The summed E-state index contributed by atoms with van der Waals surface area (Å²) in [6.45, 7) is 11.1. The van der Waals surface area contributed by atoms with Gasteiger partial charge >= 0.3 is 17.9 Å². The van der Waals surface area contributed by atoms with Gasteiger partial charge in [-0.3, -0.25) is 14.4 Å². The SMILES string of the molecule is CCCCC(CC)C(=O)OCC(CO)(COC(=O)C(CC)CCCC)COC(=O)C(CC)CCCC. The van der Waals surface area contributed by atoms with E-state index in [1.54, 1.807) is 0 Å². The summed E-state index contributed by atoms with van der Waals surface area (Å²) in [6, 6.07) is 0. The van der Waals surface area contributed by atoms with Gasteiger partial charge in [0.2, 0.25) is 0 Å². The minimum absolute atomic E-state index is 0.178. The Morgan fingerprint density at radius 2 is 0.861 bits per heavy atom. The lowest BCUT2D eigenvalue weighted by Gasteiger charge is -2.32. The number of carbonyl (C=O) groups excluding carboxylic acids is 3. The molecule has 0 aliphatic heterocycles. The molecular weight excluding hydrogens is 460 g/mol. The summed E-state index contributed by atoms with van der Waals surface area (Å²) in [4.78, 5) is 38.2. The predicted octanol–water partition coefficient (Wildman–Crippen LogP) is 6.24. The van der Waals surface area contributed by atoms with Gasteiger partial charge in [-0.05, 0) is 38.5 Å². The number of aliphatic hydroxyl groups excluding tert-OH is 1. The molecule has 212 valence electrons. The summed E-state index contributed by atoms with van der Waals surface area (Å²) in [7, 11) is 0. The van der Waals surface area contributed by atoms with E-state index >= 15 is 0 Å². The minimum atomic E-state index is -1.20. The molecule has 0 rings (SSSR count). The van der Waals surface area contributed by atoms with Crippen LogP contribution in [-0.2, 0) is 28.6 Å². The van der Waals surface area contributed by atoms with Crippen LogP contribution in [0.25, 0.3) is 0 Å². The fraction of sp³-hybridized carbons (Fsp3) is 0.897. The molecule has 0 spiro atoms. The Bertz CT molecular complexity index is 526. The zero-order valence-corrected chi connectivity index (χ0v) is 23.9. The van der Waals surface area contributed by atoms with Crippen molar-refractivity contribution in [3.8, 4) is 0 Å². The standard InChI is InChI=1S/C29H54O7/c1-7-13-16-23(10-4)26(31)34-20-29(19-30,21-35-27(32)24(11-5)17-14-8-2)22-36-28(33)25(12-6)18-15-9-3/h23-25,30H,7-22H2,1-6H3. The maximum Gasteiger partial charge on any atom is 0.308 e. The lowest BCUT2D eigenvalue weighted by atomic mass is 9.91. The highest BCUT2D eigenvalue weighted by atomic mass is 16.6. The Balaban J connectivity index is 5.48. The van der Waals surface area contributed by atoms with Gasteiger partial charge in [-0.1, -0.05) is 80.1 Å². The fourth-order valence-electron chi connectivity index (χ4n) is 4.11. The molecule has 0 heterocycles. The summed E-state index contributed by atoms with van der Waals surface area (Å²) in [5.74, 6) is -1.64. The number of carbonyl (C=O) groups is 3. The topological polar surface area (TPSA) is 99.1 Å². The van der Waals surface area contributed by atoms with Gasteiger partial charge in [0.1, 0.15) is 19.8 Å². The molecule has 1 N–H and O–H groups in total. The Morgan fingerprint density at radius 3 is 1.06 bits per heavy atom. The van der Waals surface area contributed by atoms with Crippen LogP contribution in [0.2, 0.25) is 0 Å². The largest absolute Gasteiger partial charge is 0.465 e. The van der Waals surface area contributed by atoms with Crippen molar-refractivity contribution in [3.05, 3.63) is 0 Å². The van der Waals surface area contributed by atoms with Crippen LogP contribution in [0.4, 0.5) is 0 Å². The van der Waals surface area contributed by atoms with Crippen LogP contribution in [0.3, 0.4) is 0 Å². The first-order chi connectivity index (χ1) is 17.3. The van der Waals surface area contributed by atoms with Gasteiger partial charge in [-0.15, -0.1) is 0 Å². The number of ether oxygens (including phenoxy) is 3. The van der Waals surface area contributed by atoms with Crippen LogP contribution in [0.5, 0.6) is 0 Å². The molecular formula is C29H54O7. The average molecular weight is 515 g/mol. The number of esters is 3. The van der Waals surface area contributed by atoms with E-state index < -0.39 is 12.0 Å². The number of hydrogen-bond acceptors (Lipinski definition) is 7. The third-order valence-electron chi connectivity index (χ3n) is 7.09. The van der Waals surface area contributed by atoms with E-state index in [1.807, 2.05) is 20.8 Å². The molecule has 0 aliphatic rings. The van der Waals surface area contributed by atoms with Crippen molar-refractivity contribution in [2.45, 2.75) is 119 Å². The molecule has 7 heteroatoms. The van der Waals surface area contributed by atoms with Crippen LogP contribution in [0.15, 0.2) is 0 Å². The quantitative estimate of drug-likeness (QED) is 0.135. The molecule has 0 aromatic carbocycles. The van der Waals surface area contributed by atoms with E-state index in [9.17, 15) is 19.5 Å². The maximum absolute atomic E-state index is 12.7. The number of unbranched alkanes of at least 4 members (excludes halogenated alkanes) is 3. The maximum atomic E-state index is 12.7. The van der Waals surface area contributed by atoms with Crippen molar-refractivity contribution in [1.82, 2.24) is 0 Å². The van der Waals surface area contributed by atoms with Crippen LogP contribution in [-0.4, -0.2) is 49.4 Å². The Labute approximate surface area is 220 Å². The monoisotopic (exact) mass is 514 g/mol. The highest BCUT2D eigenvalue weighted by molar-refractivity contribution is 5.73. The lowest BCUT2D eigenvalue weighted by Crippen LogP contribution is -2.44. The molecule has 0 aromatic rings. The molecule has 0 radical (unpaired) electrons. The van der Waals surface area contributed by atoms with Gasteiger partial charge in [0.05, 0.1) is 29.8 Å². The molecule has 0 aliphatic carbocycles. The highest BCUT2D eigenvalue weighted by Gasteiger charge is 2.37. The molecule has 0 saturated heterocycles. The van der Waals surface area contributed by atoms with E-state index in [0.717, 1.165) is 57.8 Å². The zero-order valence-electron chi connectivity index (χ0n) is 23.9. The minimum Gasteiger partial charge on any atom is -0.465 e. The van der Waals surface area contributed by atoms with Crippen LogP contribution in [0.1, 0.15) is 119 Å². The average Bonchev–Trinajstić information content (AvgIpc) is 2.89. The van der Waals surface area contributed by atoms with E-state index in [2.05, 4.69) is 20.8 Å². The van der Waals surface area contributed by atoms with Crippen LogP contribution in [0, 0.1) is 23.2 Å². The van der Waals surface area contributed by atoms with Gasteiger partial charge in [0.15, 0.2) is 0 Å². The van der Waals surface area contributed by atoms with Crippen LogP contribution < -0.4 is 0 Å². The third kappa shape index (κ3) is 13.1. The van der Waals surface area contributed by atoms with Gasteiger partial charge in [-0.2, -0.15) is 0 Å². The predicted molar refractivity (Wildman–Crippen MR) is 142 cm³/mol. The molecule has 0 bridgehead atoms. The Hall–Kier alpha value is -1.63. The summed E-state index contributed by atoms with van der Waals surface area (Å²) in [5.41, 5.74) is -1.20. The van der Waals surface area contributed by atoms with Gasteiger partial charge in [0, 0.05) is 0 Å². The highest BCUT2D eigenvalue weighted by Crippen LogP contribution is 2.25. The molecule has 0 aromatic heterocycles. The number of hydrogen-bond donors (Lipinski definition) is 1.